The molecule has 0 aliphatic rings. The van der Waals surface area contributed by atoms with Crippen LogP contribution in [0, 0.1) is 12.8 Å². The molecule has 0 saturated carbocycles. The monoisotopic (exact) mass is 208 g/mol. The Hall–Kier alpha value is -1.51. The molecule has 0 bridgehead atoms. The van der Waals surface area contributed by atoms with Crippen LogP contribution in [0.1, 0.15) is 24.5 Å². The van der Waals surface area contributed by atoms with Crippen LogP contribution in [0.5, 0.6) is 5.75 Å². The molecule has 1 aromatic rings. The van der Waals surface area contributed by atoms with Gasteiger partial charge >= 0.3 is 5.97 Å². The van der Waals surface area contributed by atoms with Gasteiger partial charge in [-0.15, -0.1) is 0 Å². The smallest absolute Gasteiger partial charge is 0.306 e. The van der Waals surface area contributed by atoms with E-state index in [9.17, 15) is 9.90 Å². The summed E-state index contributed by atoms with van der Waals surface area (Å²) in [6.45, 7) is 3.67. The van der Waals surface area contributed by atoms with Gasteiger partial charge in [0, 0.05) is 0 Å². The fraction of sp³-hybridized carbons (Fsp3) is 0.417. The second-order valence-corrected chi connectivity index (χ2v) is 3.77. The molecule has 0 saturated heterocycles. The highest BCUT2D eigenvalue weighted by Gasteiger charge is 2.15. The third-order valence-corrected chi connectivity index (χ3v) is 2.59. The van der Waals surface area contributed by atoms with Gasteiger partial charge in [-0.05, 0) is 37.0 Å². The zero-order chi connectivity index (χ0) is 11.4. The molecule has 3 nitrogen and oxygen atoms in total. The van der Waals surface area contributed by atoms with Crippen LogP contribution in [-0.2, 0) is 11.2 Å². The highest BCUT2D eigenvalue weighted by Crippen LogP contribution is 2.20. The van der Waals surface area contributed by atoms with Crippen LogP contribution in [0.15, 0.2) is 18.2 Å². The van der Waals surface area contributed by atoms with E-state index in [4.69, 9.17) is 5.11 Å². The highest BCUT2D eigenvalue weighted by molar-refractivity contribution is 5.70. The first-order valence-corrected chi connectivity index (χ1v) is 5.06. The van der Waals surface area contributed by atoms with Crippen molar-refractivity contribution in [1.82, 2.24) is 0 Å². The number of benzene rings is 1. The number of rotatable bonds is 4. The molecule has 0 heterocycles. The average molecular weight is 208 g/mol. The summed E-state index contributed by atoms with van der Waals surface area (Å²) < 4.78 is 0. The van der Waals surface area contributed by atoms with Crippen LogP contribution in [-0.4, -0.2) is 16.2 Å². The zero-order valence-corrected chi connectivity index (χ0v) is 9.03. The van der Waals surface area contributed by atoms with Gasteiger partial charge in [-0.3, -0.25) is 4.79 Å². The summed E-state index contributed by atoms with van der Waals surface area (Å²) in [5.41, 5.74) is 1.74. The maximum Gasteiger partial charge on any atom is 0.306 e. The fourth-order valence-electron chi connectivity index (χ4n) is 1.54. The van der Waals surface area contributed by atoms with Crippen LogP contribution < -0.4 is 0 Å². The van der Waals surface area contributed by atoms with E-state index in [1.54, 1.807) is 19.1 Å². The van der Waals surface area contributed by atoms with E-state index in [2.05, 4.69) is 0 Å². The van der Waals surface area contributed by atoms with E-state index in [1.807, 2.05) is 13.0 Å². The standard InChI is InChI=1S/C12H16O3/c1-3-10(12(14)15)7-9-4-5-11(13)8(2)6-9/h4-6,10,13H,3,7H2,1-2H3,(H,14,15). The SMILES string of the molecule is CCC(Cc1ccc(O)c(C)c1)C(=O)O. The Kier molecular flexibility index (Phi) is 3.72. The Morgan fingerprint density at radius 2 is 2.13 bits per heavy atom. The second-order valence-electron chi connectivity index (χ2n) is 3.77. The predicted octanol–water partition coefficient (Wildman–Crippen LogP) is 2.35. The molecular formula is C12H16O3. The van der Waals surface area contributed by atoms with E-state index in [0.717, 1.165) is 11.1 Å². The van der Waals surface area contributed by atoms with E-state index >= 15 is 0 Å². The van der Waals surface area contributed by atoms with E-state index < -0.39 is 5.97 Å². The van der Waals surface area contributed by atoms with Gasteiger partial charge in [0.25, 0.3) is 0 Å². The summed E-state index contributed by atoms with van der Waals surface area (Å²) in [5, 5.41) is 18.2. The third-order valence-electron chi connectivity index (χ3n) is 2.59. The number of aryl methyl sites for hydroxylation is 1. The lowest BCUT2D eigenvalue weighted by Gasteiger charge is -2.10. The minimum Gasteiger partial charge on any atom is -0.508 e. The molecule has 0 aliphatic carbocycles. The van der Waals surface area contributed by atoms with Crippen molar-refractivity contribution in [3.05, 3.63) is 29.3 Å². The van der Waals surface area contributed by atoms with Crippen molar-refractivity contribution in [2.45, 2.75) is 26.7 Å². The Morgan fingerprint density at radius 3 is 2.60 bits per heavy atom. The number of carboxylic acids is 1. The van der Waals surface area contributed by atoms with E-state index in [1.165, 1.54) is 0 Å². The van der Waals surface area contributed by atoms with Crippen LogP contribution in [0.4, 0.5) is 0 Å². The van der Waals surface area contributed by atoms with Crippen LogP contribution in [0.2, 0.25) is 0 Å². The molecule has 15 heavy (non-hydrogen) atoms. The number of carbonyl (C=O) groups is 1. The molecular weight excluding hydrogens is 192 g/mol. The first-order valence-electron chi connectivity index (χ1n) is 5.06. The molecule has 2 N–H and O–H groups in total. The quantitative estimate of drug-likeness (QED) is 0.798. The lowest BCUT2D eigenvalue weighted by Crippen LogP contribution is -2.15. The molecule has 0 spiro atoms. The van der Waals surface area contributed by atoms with Crippen molar-refractivity contribution in [2.24, 2.45) is 5.92 Å². The van der Waals surface area contributed by atoms with Crippen LogP contribution in [0.3, 0.4) is 0 Å². The molecule has 1 aromatic carbocycles. The number of hydrogen-bond donors (Lipinski definition) is 2. The Balaban J connectivity index is 2.80. The van der Waals surface area contributed by atoms with E-state index in [-0.39, 0.29) is 11.7 Å². The van der Waals surface area contributed by atoms with Gasteiger partial charge in [0.05, 0.1) is 5.92 Å². The number of phenolic OH excluding ortho intramolecular Hbond substituents is 1. The number of carboxylic acid groups (broad SMARTS) is 1. The van der Waals surface area contributed by atoms with Crippen molar-refractivity contribution in [3.8, 4) is 5.75 Å². The molecule has 3 heteroatoms. The third kappa shape index (κ3) is 2.98. The number of aromatic hydroxyl groups is 1. The van der Waals surface area contributed by atoms with Gasteiger partial charge in [0.1, 0.15) is 5.75 Å². The molecule has 0 radical (unpaired) electrons. The molecule has 0 aromatic heterocycles. The maximum absolute atomic E-state index is 10.8. The Labute approximate surface area is 89.4 Å². The van der Waals surface area contributed by atoms with Crippen molar-refractivity contribution in [3.63, 3.8) is 0 Å². The van der Waals surface area contributed by atoms with Gasteiger partial charge in [0.2, 0.25) is 0 Å². The van der Waals surface area contributed by atoms with E-state index in [0.29, 0.717) is 12.8 Å². The largest absolute Gasteiger partial charge is 0.508 e. The normalized spacial score (nSPS) is 12.4. The van der Waals surface area contributed by atoms with Gasteiger partial charge in [-0.2, -0.15) is 0 Å². The minimum absolute atomic E-state index is 0.252. The molecule has 1 unspecified atom stereocenters. The van der Waals surface area contributed by atoms with Crippen molar-refractivity contribution in [1.29, 1.82) is 0 Å². The van der Waals surface area contributed by atoms with Gasteiger partial charge < -0.3 is 10.2 Å². The highest BCUT2D eigenvalue weighted by atomic mass is 16.4. The lowest BCUT2D eigenvalue weighted by molar-refractivity contribution is -0.141. The van der Waals surface area contributed by atoms with Crippen molar-refractivity contribution < 1.29 is 15.0 Å². The fourth-order valence-corrected chi connectivity index (χ4v) is 1.54. The lowest BCUT2D eigenvalue weighted by atomic mass is 9.96. The van der Waals surface area contributed by atoms with Gasteiger partial charge in [-0.1, -0.05) is 19.1 Å². The van der Waals surface area contributed by atoms with Crippen LogP contribution in [0.25, 0.3) is 0 Å². The summed E-state index contributed by atoms with van der Waals surface area (Å²) in [6, 6.07) is 5.22. The van der Waals surface area contributed by atoms with Gasteiger partial charge in [0.15, 0.2) is 0 Å². The molecule has 82 valence electrons. The summed E-state index contributed by atoms with van der Waals surface area (Å²) in [6.07, 6.45) is 1.14. The summed E-state index contributed by atoms with van der Waals surface area (Å²) in [5.74, 6) is -0.848. The first kappa shape index (κ1) is 11.6. The molecule has 0 aliphatic heterocycles. The Morgan fingerprint density at radius 1 is 1.47 bits per heavy atom. The molecule has 1 atom stereocenters. The molecule has 0 fully saturated rings. The topological polar surface area (TPSA) is 57.5 Å². The predicted molar refractivity (Wildman–Crippen MR) is 58.0 cm³/mol. The minimum atomic E-state index is -0.761. The molecule has 1 rings (SSSR count). The number of aliphatic carboxylic acids is 1. The number of hydrogen-bond acceptors (Lipinski definition) is 2. The van der Waals surface area contributed by atoms with Gasteiger partial charge in [-0.25, -0.2) is 0 Å². The summed E-state index contributed by atoms with van der Waals surface area (Å²) >= 11 is 0. The molecule has 0 amide bonds. The summed E-state index contributed by atoms with van der Waals surface area (Å²) in [7, 11) is 0. The average Bonchev–Trinajstić information content (AvgIpc) is 2.19. The summed E-state index contributed by atoms with van der Waals surface area (Å²) in [4.78, 5) is 10.8. The Bertz CT molecular complexity index is 358. The number of phenols is 1. The van der Waals surface area contributed by atoms with Crippen molar-refractivity contribution in [2.75, 3.05) is 0 Å². The zero-order valence-electron chi connectivity index (χ0n) is 9.03. The van der Waals surface area contributed by atoms with Crippen LogP contribution >= 0.6 is 0 Å². The van der Waals surface area contributed by atoms with Crippen molar-refractivity contribution >= 4 is 5.97 Å². The second kappa shape index (κ2) is 4.82. The maximum atomic E-state index is 10.8. The first-order chi connectivity index (χ1) is 7.04.